The Balaban J connectivity index is 1.60. The van der Waals surface area contributed by atoms with Crippen molar-refractivity contribution in [1.82, 2.24) is 10.0 Å². The third-order valence-corrected chi connectivity index (χ3v) is 7.65. The number of carbonyl (C=O) groups excluding carboxylic acids is 1. The standard InChI is InChI=1S/C29H27N3O5S/c33-29(30-21-25(23-14-6-2-7-15-23)24-16-8-3-9-17-24)26(20-22-12-4-1-5-13-22)31-38(36,37)28-19-11-10-18-27(28)32(34)35/h1-19,25-26,31H,20-21H2,(H,30,33). The highest BCUT2D eigenvalue weighted by molar-refractivity contribution is 7.89. The molecule has 2 N–H and O–H groups in total. The minimum Gasteiger partial charge on any atom is -0.354 e. The quantitative estimate of drug-likeness (QED) is 0.220. The van der Waals surface area contributed by atoms with Gasteiger partial charge in [-0.15, -0.1) is 0 Å². The van der Waals surface area contributed by atoms with Gasteiger partial charge in [-0.05, 0) is 29.2 Å². The molecule has 1 unspecified atom stereocenters. The first-order valence-electron chi connectivity index (χ1n) is 12.0. The maximum absolute atomic E-state index is 13.5. The van der Waals surface area contributed by atoms with Crippen LogP contribution in [0.2, 0.25) is 0 Å². The summed E-state index contributed by atoms with van der Waals surface area (Å²) in [4.78, 5) is 23.7. The molecule has 0 aromatic heterocycles. The van der Waals surface area contributed by atoms with Gasteiger partial charge in [0.15, 0.2) is 4.90 Å². The van der Waals surface area contributed by atoms with Crippen LogP contribution in [0.15, 0.2) is 120 Å². The number of nitrogens with one attached hydrogen (secondary N) is 2. The van der Waals surface area contributed by atoms with E-state index >= 15 is 0 Å². The lowest BCUT2D eigenvalue weighted by Gasteiger charge is -2.22. The average Bonchev–Trinajstić information content (AvgIpc) is 2.94. The van der Waals surface area contributed by atoms with Crippen molar-refractivity contribution in [3.63, 3.8) is 0 Å². The molecule has 8 nitrogen and oxygen atoms in total. The normalized spacial score (nSPS) is 12.1. The number of nitro benzene ring substituents is 1. The van der Waals surface area contributed by atoms with Gasteiger partial charge in [-0.1, -0.05) is 103 Å². The molecule has 1 atom stereocenters. The van der Waals surface area contributed by atoms with Crippen molar-refractivity contribution in [2.45, 2.75) is 23.3 Å². The van der Waals surface area contributed by atoms with Crippen LogP contribution in [0.25, 0.3) is 0 Å². The molecule has 0 aliphatic rings. The van der Waals surface area contributed by atoms with Crippen LogP contribution in [0.3, 0.4) is 0 Å². The Morgan fingerprint density at radius 2 is 1.26 bits per heavy atom. The first kappa shape index (κ1) is 26.7. The largest absolute Gasteiger partial charge is 0.354 e. The second kappa shape index (κ2) is 12.3. The van der Waals surface area contributed by atoms with E-state index in [9.17, 15) is 23.3 Å². The van der Waals surface area contributed by atoms with Crippen LogP contribution in [0.1, 0.15) is 22.6 Å². The summed E-state index contributed by atoms with van der Waals surface area (Å²) in [6, 6.07) is 32.3. The Morgan fingerprint density at radius 1 is 0.763 bits per heavy atom. The molecule has 1 amide bonds. The van der Waals surface area contributed by atoms with Gasteiger partial charge in [-0.3, -0.25) is 14.9 Å². The Kier molecular flexibility index (Phi) is 8.62. The van der Waals surface area contributed by atoms with Crippen LogP contribution in [0.4, 0.5) is 5.69 Å². The van der Waals surface area contributed by atoms with E-state index in [0.717, 1.165) is 28.8 Å². The molecule has 4 aromatic carbocycles. The van der Waals surface area contributed by atoms with Crippen molar-refractivity contribution in [2.75, 3.05) is 6.54 Å². The van der Waals surface area contributed by atoms with E-state index in [1.54, 1.807) is 24.3 Å². The molecule has 0 saturated carbocycles. The lowest BCUT2D eigenvalue weighted by Crippen LogP contribution is -2.48. The van der Waals surface area contributed by atoms with E-state index in [0.29, 0.717) is 0 Å². The van der Waals surface area contributed by atoms with Crippen LogP contribution in [-0.2, 0) is 21.2 Å². The molecular formula is C29H27N3O5S. The predicted molar refractivity (Wildman–Crippen MR) is 145 cm³/mol. The van der Waals surface area contributed by atoms with Crippen LogP contribution in [0.5, 0.6) is 0 Å². The average molecular weight is 530 g/mol. The Morgan fingerprint density at radius 3 is 1.82 bits per heavy atom. The fourth-order valence-electron chi connectivity index (χ4n) is 4.25. The smallest absolute Gasteiger partial charge is 0.289 e. The zero-order valence-electron chi connectivity index (χ0n) is 20.4. The van der Waals surface area contributed by atoms with Crippen molar-refractivity contribution >= 4 is 21.6 Å². The summed E-state index contributed by atoms with van der Waals surface area (Å²) >= 11 is 0. The number of amides is 1. The lowest BCUT2D eigenvalue weighted by atomic mass is 9.91. The first-order chi connectivity index (χ1) is 18.3. The molecule has 4 rings (SSSR count). The molecule has 0 fully saturated rings. The van der Waals surface area contributed by atoms with Crippen molar-refractivity contribution in [2.24, 2.45) is 0 Å². The molecule has 0 saturated heterocycles. The van der Waals surface area contributed by atoms with E-state index in [-0.39, 0.29) is 18.9 Å². The number of hydrogen-bond acceptors (Lipinski definition) is 5. The third-order valence-electron chi connectivity index (χ3n) is 6.13. The number of hydrogen-bond donors (Lipinski definition) is 2. The molecule has 4 aromatic rings. The van der Waals surface area contributed by atoms with E-state index in [1.165, 1.54) is 12.1 Å². The van der Waals surface area contributed by atoms with E-state index in [1.807, 2.05) is 66.7 Å². The van der Waals surface area contributed by atoms with Gasteiger partial charge in [0.25, 0.3) is 5.69 Å². The maximum Gasteiger partial charge on any atom is 0.289 e. The molecule has 0 heterocycles. The molecule has 0 bridgehead atoms. The van der Waals surface area contributed by atoms with E-state index < -0.39 is 37.5 Å². The first-order valence-corrected chi connectivity index (χ1v) is 13.5. The van der Waals surface area contributed by atoms with E-state index in [2.05, 4.69) is 10.0 Å². The molecule has 9 heteroatoms. The second-order valence-electron chi connectivity index (χ2n) is 8.71. The monoisotopic (exact) mass is 529 g/mol. The Labute approximate surface area is 221 Å². The van der Waals surface area contributed by atoms with Crippen molar-refractivity contribution in [3.8, 4) is 0 Å². The topological polar surface area (TPSA) is 118 Å². The van der Waals surface area contributed by atoms with Gasteiger partial charge < -0.3 is 5.32 Å². The maximum atomic E-state index is 13.5. The second-order valence-corrected chi connectivity index (χ2v) is 10.4. The minimum atomic E-state index is -4.40. The van der Waals surface area contributed by atoms with Crippen LogP contribution in [0, 0.1) is 10.1 Å². The zero-order chi connectivity index (χ0) is 27.0. The van der Waals surface area contributed by atoms with Gasteiger partial charge in [0, 0.05) is 18.5 Å². The highest BCUT2D eigenvalue weighted by Gasteiger charge is 2.31. The predicted octanol–water partition coefficient (Wildman–Crippen LogP) is 4.43. The van der Waals surface area contributed by atoms with Crippen LogP contribution >= 0.6 is 0 Å². The van der Waals surface area contributed by atoms with E-state index in [4.69, 9.17) is 0 Å². The summed E-state index contributed by atoms with van der Waals surface area (Å²) < 4.78 is 28.9. The highest BCUT2D eigenvalue weighted by atomic mass is 32.2. The summed E-state index contributed by atoms with van der Waals surface area (Å²) in [6.45, 7) is 0.228. The number of para-hydroxylation sites is 1. The SMILES string of the molecule is O=C(NCC(c1ccccc1)c1ccccc1)C(Cc1ccccc1)NS(=O)(=O)c1ccccc1[N+](=O)[O-]. The Bertz CT molecular complexity index is 1440. The summed E-state index contributed by atoms with van der Waals surface area (Å²) in [7, 11) is -4.40. The number of carbonyl (C=O) groups is 1. The van der Waals surface area contributed by atoms with Gasteiger partial charge in [0.2, 0.25) is 15.9 Å². The molecular weight excluding hydrogens is 502 g/mol. The van der Waals surface area contributed by atoms with Crippen molar-refractivity contribution < 1.29 is 18.1 Å². The van der Waals surface area contributed by atoms with Gasteiger partial charge >= 0.3 is 0 Å². The van der Waals surface area contributed by atoms with Gasteiger partial charge in [-0.25, -0.2) is 8.42 Å². The number of benzene rings is 4. The molecule has 0 aliphatic carbocycles. The molecule has 194 valence electrons. The molecule has 0 spiro atoms. The fraction of sp³-hybridized carbons (Fsp3) is 0.138. The number of nitrogens with zero attached hydrogens (tertiary/aromatic N) is 1. The minimum absolute atomic E-state index is 0.0634. The fourth-order valence-corrected chi connectivity index (χ4v) is 5.62. The van der Waals surface area contributed by atoms with Gasteiger partial charge in [-0.2, -0.15) is 4.72 Å². The van der Waals surface area contributed by atoms with Gasteiger partial charge in [0.05, 0.1) is 4.92 Å². The highest BCUT2D eigenvalue weighted by Crippen LogP contribution is 2.25. The van der Waals surface area contributed by atoms with Gasteiger partial charge in [0.1, 0.15) is 6.04 Å². The van der Waals surface area contributed by atoms with Crippen molar-refractivity contribution in [3.05, 3.63) is 142 Å². The molecule has 0 radical (unpaired) electrons. The summed E-state index contributed by atoms with van der Waals surface area (Å²) in [5, 5.41) is 14.4. The zero-order valence-corrected chi connectivity index (χ0v) is 21.3. The van der Waals surface area contributed by atoms with Crippen LogP contribution in [-0.4, -0.2) is 31.8 Å². The summed E-state index contributed by atoms with van der Waals surface area (Å²) in [5.41, 5.74) is 2.17. The van der Waals surface area contributed by atoms with Crippen molar-refractivity contribution in [1.29, 1.82) is 0 Å². The third kappa shape index (κ3) is 6.70. The molecule has 38 heavy (non-hydrogen) atoms. The molecule has 0 aliphatic heterocycles. The lowest BCUT2D eigenvalue weighted by molar-refractivity contribution is -0.387. The summed E-state index contributed by atoms with van der Waals surface area (Å²) in [5.74, 6) is -0.696. The number of rotatable bonds is 11. The Hall–Kier alpha value is -4.34. The van der Waals surface area contributed by atoms with Crippen LogP contribution < -0.4 is 10.0 Å². The number of sulfonamides is 1. The number of nitro groups is 1. The summed E-state index contributed by atoms with van der Waals surface area (Å²) in [6.07, 6.45) is 0.0634.